The van der Waals surface area contributed by atoms with Crippen LogP contribution in [0.1, 0.15) is 89.9 Å². The van der Waals surface area contributed by atoms with E-state index in [0.717, 1.165) is 0 Å². The van der Waals surface area contributed by atoms with Crippen molar-refractivity contribution in [2.75, 3.05) is 14.2 Å². The van der Waals surface area contributed by atoms with Crippen molar-refractivity contribution >= 4 is 45.5 Å². The van der Waals surface area contributed by atoms with Crippen LogP contribution in [0.15, 0.2) is 0 Å². The summed E-state index contributed by atoms with van der Waals surface area (Å²) in [6, 6.07) is -0.581. The van der Waals surface area contributed by atoms with E-state index in [1.54, 1.807) is 0 Å². The molecule has 14 nitrogen and oxygen atoms in total. The Bertz CT molecular complexity index is 1210. The Labute approximate surface area is 275 Å². The number of carboxylic acids is 2. The SMILES string of the molecule is COC(=O)C1CCC(C(=O)O)C(C(=O)NC2CCC(S(=O)(=O)C3CCC(NC(=O)C4CC(C(=O)OC)CCC4C(=O)O)CC3)CC2)C1. The highest BCUT2D eigenvalue weighted by molar-refractivity contribution is 7.92. The number of carbonyl (C=O) groups is 6. The van der Waals surface area contributed by atoms with Crippen molar-refractivity contribution in [1.29, 1.82) is 0 Å². The second-order valence-corrected chi connectivity index (χ2v) is 16.2. The number of carboxylic acid groups (broad SMARTS) is 2. The number of carbonyl (C=O) groups excluding carboxylic acids is 4. The van der Waals surface area contributed by atoms with Gasteiger partial charge in [0.1, 0.15) is 0 Å². The number of rotatable bonds is 10. The third-order valence-corrected chi connectivity index (χ3v) is 13.8. The molecule has 0 aromatic heterocycles. The summed E-state index contributed by atoms with van der Waals surface area (Å²) in [7, 11) is -0.972. The van der Waals surface area contributed by atoms with Gasteiger partial charge in [-0.2, -0.15) is 0 Å². The van der Waals surface area contributed by atoms with E-state index >= 15 is 0 Å². The predicted molar refractivity (Wildman–Crippen MR) is 165 cm³/mol. The smallest absolute Gasteiger partial charge is 0.308 e. The van der Waals surface area contributed by atoms with E-state index < -0.39 is 91.5 Å². The molecule has 4 aliphatic carbocycles. The summed E-state index contributed by atoms with van der Waals surface area (Å²) < 4.78 is 36.8. The quantitative estimate of drug-likeness (QED) is 0.242. The molecular formula is C32H48N2O12S. The van der Waals surface area contributed by atoms with Crippen molar-refractivity contribution < 1.29 is 56.9 Å². The molecule has 4 saturated carbocycles. The highest BCUT2D eigenvalue weighted by Crippen LogP contribution is 2.38. The van der Waals surface area contributed by atoms with E-state index in [2.05, 4.69) is 10.6 Å². The van der Waals surface area contributed by atoms with Gasteiger partial charge in [0.15, 0.2) is 9.84 Å². The Morgan fingerprint density at radius 2 is 0.872 bits per heavy atom. The summed E-state index contributed by atoms with van der Waals surface area (Å²) in [5.41, 5.74) is 0. The zero-order chi connectivity index (χ0) is 34.5. The molecule has 47 heavy (non-hydrogen) atoms. The van der Waals surface area contributed by atoms with E-state index in [9.17, 15) is 47.4 Å². The summed E-state index contributed by atoms with van der Waals surface area (Å²) in [4.78, 5) is 74.1. The lowest BCUT2D eigenvalue weighted by molar-refractivity contribution is -0.155. The molecule has 6 atom stereocenters. The molecule has 0 aromatic carbocycles. The maximum atomic E-state index is 13.6. The Hall–Kier alpha value is -3.23. The molecule has 0 bridgehead atoms. The van der Waals surface area contributed by atoms with Crippen molar-refractivity contribution in [3.05, 3.63) is 0 Å². The first-order valence-corrected chi connectivity index (χ1v) is 18.3. The number of aliphatic carboxylic acids is 2. The normalized spacial score (nSPS) is 34.7. The van der Waals surface area contributed by atoms with Gasteiger partial charge in [0.25, 0.3) is 0 Å². The fourth-order valence-corrected chi connectivity index (χ4v) is 10.6. The lowest BCUT2D eigenvalue weighted by Gasteiger charge is -2.37. The number of sulfone groups is 1. The molecule has 6 unspecified atom stereocenters. The van der Waals surface area contributed by atoms with Crippen LogP contribution in [0.3, 0.4) is 0 Å². The number of hydrogen-bond acceptors (Lipinski definition) is 10. The Morgan fingerprint density at radius 3 is 1.17 bits per heavy atom. The Balaban J connectivity index is 1.26. The van der Waals surface area contributed by atoms with Crippen LogP contribution in [0, 0.1) is 35.5 Å². The first kappa shape index (κ1) is 36.6. The second kappa shape index (κ2) is 15.8. The second-order valence-electron chi connectivity index (χ2n) is 13.7. The van der Waals surface area contributed by atoms with E-state index in [1.165, 1.54) is 14.2 Å². The number of hydrogen-bond donors (Lipinski definition) is 4. The van der Waals surface area contributed by atoms with Crippen LogP contribution >= 0.6 is 0 Å². The minimum absolute atomic E-state index is 0.0944. The van der Waals surface area contributed by atoms with Gasteiger partial charge in [-0.1, -0.05) is 0 Å². The molecule has 0 aromatic rings. The molecule has 4 aliphatic rings. The Kier molecular flexibility index (Phi) is 12.3. The fourth-order valence-electron chi connectivity index (χ4n) is 8.23. The average molecular weight is 685 g/mol. The minimum atomic E-state index is -3.49. The average Bonchev–Trinajstić information content (AvgIpc) is 3.07. The largest absolute Gasteiger partial charge is 0.481 e. The van der Waals surface area contributed by atoms with Gasteiger partial charge in [-0.15, -0.1) is 0 Å². The number of methoxy groups -OCH3 is 2. The number of nitrogens with one attached hydrogen (secondary N) is 2. The molecular weight excluding hydrogens is 636 g/mol. The zero-order valence-corrected chi connectivity index (χ0v) is 27.9. The first-order chi connectivity index (χ1) is 22.3. The van der Waals surface area contributed by atoms with Gasteiger partial charge >= 0.3 is 23.9 Å². The number of esters is 2. The molecule has 4 fully saturated rings. The van der Waals surface area contributed by atoms with E-state index in [4.69, 9.17) is 9.47 Å². The maximum absolute atomic E-state index is 13.6. The number of ether oxygens (including phenoxy) is 2. The van der Waals surface area contributed by atoms with E-state index in [1.807, 2.05) is 0 Å². The minimum Gasteiger partial charge on any atom is -0.481 e. The van der Waals surface area contributed by atoms with Crippen LogP contribution in [0.4, 0.5) is 0 Å². The molecule has 0 spiro atoms. The lowest BCUT2D eigenvalue weighted by atomic mass is 9.73. The Morgan fingerprint density at radius 1 is 0.532 bits per heavy atom. The van der Waals surface area contributed by atoms with Gasteiger partial charge < -0.3 is 30.3 Å². The van der Waals surface area contributed by atoms with Crippen LogP contribution in [-0.2, 0) is 48.1 Å². The third-order valence-electron chi connectivity index (χ3n) is 11.0. The van der Waals surface area contributed by atoms with E-state index in [0.29, 0.717) is 64.2 Å². The van der Waals surface area contributed by atoms with Crippen molar-refractivity contribution in [3.63, 3.8) is 0 Å². The molecule has 0 aliphatic heterocycles. The molecule has 264 valence electrons. The molecule has 0 saturated heterocycles. The van der Waals surface area contributed by atoms with Gasteiger partial charge in [0, 0.05) is 12.1 Å². The zero-order valence-electron chi connectivity index (χ0n) is 27.1. The molecule has 4 N–H and O–H groups in total. The van der Waals surface area contributed by atoms with Gasteiger partial charge in [0.2, 0.25) is 11.8 Å². The maximum Gasteiger partial charge on any atom is 0.308 e. The third kappa shape index (κ3) is 8.63. The summed E-state index contributed by atoms with van der Waals surface area (Å²) in [6.45, 7) is 0. The van der Waals surface area contributed by atoms with Crippen LogP contribution in [0.25, 0.3) is 0 Å². The highest BCUT2D eigenvalue weighted by atomic mass is 32.2. The highest BCUT2D eigenvalue weighted by Gasteiger charge is 2.45. The molecule has 15 heteroatoms. The van der Waals surface area contributed by atoms with Crippen molar-refractivity contribution in [2.45, 2.75) is 112 Å². The summed E-state index contributed by atoms with van der Waals surface area (Å²) in [6.07, 6.45) is 4.46. The van der Waals surface area contributed by atoms with Crippen molar-refractivity contribution in [3.8, 4) is 0 Å². The molecule has 4 rings (SSSR count). The van der Waals surface area contributed by atoms with Gasteiger partial charge in [0.05, 0.1) is 60.2 Å². The molecule has 2 amide bonds. The summed E-state index contributed by atoms with van der Waals surface area (Å²) >= 11 is 0. The van der Waals surface area contributed by atoms with Crippen molar-refractivity contribution in [2.24, 2.45) is 35.5 Å². The number of amides is 2. The molecule has 0 heterocycles. The monoisotopic (exact) mass is 684 g/mol. The first-order valence-electron chi connectivity index (χ1n) is 16.7. The van der Waals surface area contributed by atoms with Crippen LogP contribution < -0.4 is 10.6 Å². The van der Waals surface area contributed by atoms with Gasteiger partial charge in [-0.3, -0.25) is 28.8 Å². The predicted octanol–water partition coefficient (Wildman–Crippen LogP) is 1.84. The van der Waals surface area contributed by atoms with Crippen LogP contribution in [0.2, 0.25) is 0 Å². The fraction of sp³-hybridized carbons (Fsp3) is 0.812. The van der Waals surface area contributed by atoms with E-state index in [-0.39, 0.29) is 37.8 Å². The van der Waals surface area contributed by atoms with Crippen LogP contribution in [0.5, 0.6) is 0 Å². The summed E-state index contributed by atoms with van der Waals surface area (Å²) in [5.74, 6) is -8.55. The van der Waals surface area contributed by atoms with Gasteiger partial charge in [-0.25, -0.2) is 8.42 Å². The topological polar surface area (TPSA) is 220 Å². The summed E-state index contributed by atoms with van der Waals surface area (Å²) in [5, 5.41) is 24.0. The standard InChI is InChI=1S/C32H48N2O12S/c1-45-31(41)17-3-13-23(29(37)38)25(15-17)27(35)33-19-5-9-21(10-6-19)47(43,44)22-11-7-20(8-12-22)34-28(36)26-16-18(32(42)46-2)4-14-24(26)30(39)40/h17-26H,3-16H2,1-2H3,(H,33,35)(H,34,36)(H,37,38)(H,39,40). The van der Waals surface area contributed by atoms with Crippen LogP contribution in [-0.4, -0.2) is 91.1 Å². The lowest BCUT2D eigenvalue weighted by Crippen LogP contribution is -2.49. The van der Waals surface area contributed by atoms with Crippen molar-refractivity contribution in [1.82, 2.24) is 10.6 Å². The van der Waals surface area contributed by atoms with Gasteiger partial charge in [-0.05, 0) is 89.9 Å². The molecule has 0 radical (unpaired) electrons.